The molecule has 0 saturated heterocycles. The third-order valence-electron chi connectivity index (χ3n) is 2.57. The number of rotatable bonds is 6. The number of carbonyl (C=O) groups is 2. The van der Waals surface area contributed by atoms with Gasteiger partial charge in [-0.2, -0.15) is 0 Å². The first-order chi connectivity index (χ1) is 9.49. The molecule has 0 radical (unpaired) electrons. The van der Waals surface area contributed by atoms with E-state index in [0.717, 1.165) is 6.42 Å². The Morgan fingerprint density at radius 1 is 1.35 bits per heavy atom. The Morgan fingerprint density at radius 3 is 2.60 bits per heavy atom. The average molecular weight is 363 g/mol. The van der Waals surface area contributed by atoms with Crippen molar-refractivity contribution in [1.29, 1.82) is 0 Å². The molecule has 0 bridgehead atoms. The fourth-order valence-electron chi connectivity index (χ4n) is 1.72. The topological polar surface area (TPSA) is 46.6 Å². The van der Waals surface area contributed by atoms with Crippen LogP contribution in [0.1, 0.15) is 30.6 Å². The van der Waals surface area contributed by atoms with Gasteiger partial charge in [-0.3, -0.25) is 9.59 Å². The van der Waals surface area contributed by atoms with Crippen molar-refractivity contribution in [2.45, 2.75) is 20.3 Å². The molecule has 0 aliphatic rings. The Labute approximate surface area is 132 Å². The van der Waals surface area contributed by atoms with Gasteiger partial charge in [-0.1, -0.05) is 18.5 Å². The van der Waals surface area contributed by atoms with Crippen molar-refractivity contribution in [2.75, 3.05) is 19.7 Å². The van der Waals surface area contributed by atoms with Gasteiger partial charge in [-0.05, 0) is 47.5 Å². The van der Waals surface area contributed by atoms with Gasteiger partial charge in [0.1, 0.15) is 6.54 Å². The van der Waals surface area contributed by atoms with Gasteiger partial charge in [-0.25, -0.2) is 0 Å². The number of hydrogen-bond acceptors (Lipinski definition) is 3. The second-order valence-electron chi connectivity index (χ2n) is 4.16. The van der Waals surface area contributed by atoms with Crippen LogP contribution in [-0.4, -0.2) is 36.5 Å². The van der Waals surface area contributed by atoms with Gasteiger partial charge in [-0.15, -0.1) is 0 Å². The zero-order chi connectivity index (χ0) is 15.1. The highest BCUT2D eigenvalue weighted by Gasteiger charge is 2.20. The maximum absolute atomic E-state index is 12.5. The van der Waals surface area contributed by atoms with Gasteiger partial charge in [0.2, 0.25) is 0 Å². The van der Waals surface area contributed by atoms with Crippen molar-refractivity contribution < 1.29 is 14.3 Å². The Kier molecular flexibility index (Phi) is 7.02. The lowest BCUT2D eigenvalue weighted by atomic mass is 10.2. The van der Waals surface area contributed by atoms with E-state index in [2.05, 4.69) is 15.9 Å². The van der Waals surface area contributed by atoms with Crippen molar-refractivity contribution in [2.24, 2.45) is 0 Å². The number of ether oxygens (including phenoxy) is 1. The molecule has 0 N–H and O–H groups in total. The summed E-state index contributed by atoms with van der Waals surface area (Å²) in [6.45, 7) is 4.43. The van der Waals surface area contributed by atoms with E-state index in [1.165, 1.54) is 4.90 Å². The lowest BCUT2D eigenvalue weighted by molar-refractivity contribution is -0.143. The van der Waals surface area contributed by atoms with Gasteiger partial charge < -0.3 is 9.64 Å². The van der Waals surface area contributed by atoms with E-state index in [4.69, 9.17) is 16.3 Å². The number of carbonyl (C=O) groups excluding carboxylic acids is 2. The predicted molar refractivity (Wildman–Crippen MR) is 82.0 cm³/mol. The zero-order valence-corrected chi connectivity index (χ0v) is 13.8. The Morgan fingerprint density at radius 2 is 2.05 bits per heavy atom. The molecule has 0 aliphatic heterocycles. The fraction of sp³-hybridized carbons (Fsp3) is 0.429. The smallest absolute Gasteiger partial charge is 0.325 e. The van der Waals surface area contributed by atoms with Crippen molar-refractivity contribution in [3.8, 4) is 0 Å². The molecule has 20 heavy (non-hydrogen) atoms. The van der Waals surface area contributed by atoms with Crippen LogP contribution in [0, 0.1) is 0 Å². The molecular weight excluding hydrogens is 346 g/mol. The summed E-state index contributed by atoms with van der Waals surface area (Å²) in [7, 11) is 0. The number of hydrogen-bond donors (Lipinski definition) is 0. The molecule has 6 heteroatoms. The van der Waals surface area contributed by atoms with Crippen molar-refractivity contribution in [3.63, 3.8) is 0 Å². The summed E-state index contributed by atoms with van der Waals surface area (Å²) in [5.74, 6) is -0.622. The standard InChI is InChI=1S/C14H17BrClNO3/c1-3-7-17(9-13(18)20-4-2)14(19)11-6-5-10(16)8-12(11)15/h5-6,8H,3-4,7,9H2,1-2H3. The number of nitrogens with zero attached hydrogens (tertiary/aromatic N) is 1. The number of benzene rings is 1. The van der Waals surface area contributed by atoms with E-state index in [1.54, 1.807) is 25.1 Å². The average Bonchev–Trinajstić information content (AvgIpc) is 2.38. The van der Waals surface area contributed by atoms with Gasteiger partial charge in [0.15, 0.2) is 0 Å². The normalized spacial score (nSPS) is 10.2. The molecule has 1 amide bonds. The molecule has 1 aromatic rings. The highest BCUT2D eigenvalue weighted by atomic mass is 79.9. The Balaban J connectivity index is 2.90. The van der Waals surface area contributed by atoms with Crippen LogP contribution in [-0.2, 0) is 9.53 Å². The third kappa shape index (κ3) is 4.80. The van der Waals surface area contributed by atoms with Crippen LogP contribution in [0.5, 0.6) is 0 Å². The van der Waals surface area contributed by atoms with E-state index in [0.29, 0.717) is 28.2 Å². The number of halogens is 2. The molecule has 0 aliphatic carbocycles. The van der Waals surface area contributed by atoms with Gasteiger partial charge >= 0.3 is 5.97 Å². The van der Waals surface area contributed by atoms with Crippen LogP contribution in [0.15, 0.2) is 22.7 Å². The van der Waals surface area contributed by atoms with E-state index in [1.807, 2.05) is 6.92 Å². The summed E-state index contributed by atoms with van der Waals surface area (Å²) >= 11 is 9.17. The molecule has 4 nitrogen and oxygen atoms in total. The largest absolute Gasteiger partial charge is 0.465 e. The fourth-order valence-corrected chi connectivity index (χ4v) is 2.57. The highest BCUT2D eigenvalue weighted by Crippen LogP contribution is 2.23. The van der Waals surface area contributed by atoms with Crippen LogP contribution in [0.25, 0.3) is 0 Å². The van der Waals surface area contributed by atoms with Crippen LogP contribution in [0.2, 0.25) is 5.02 Å². The van der Waals surface area contributed by atoms with Crippen molar-refractivity contribution in [1.82, 2.24) is 4.90 Å². The van der Waals surface area contributed by atoms with Gasteiger partial charge in [0.05, 0.1) is 12.2 Å². The van der Waals surface area contributed by atoms with E-state index in [9.17, 15) is 9.59 Å². The van der Waals surface area contributed by atoms with Crippen LogP contribution in [0.4, 0.5) is 0 Å². The summed E-state index contributed by atoms with van der Waals surface area (Å²) in [5, 5.41) is 0.542. The first kappa shape index (κ1) is 17.0. The molecular formula is C14H17BrClNO3. The maximum Gasteiger partial charge on any atom is 0.325 e. The molecule has 0 fully saturated rings. The second-order valence-corrected chi connectivity index (χ2v) is 5.45. The summed E-state index contributed by atoms with van der Waals surface area (Å²) in [6, 6.07) is 4.94. The Hall–Kier alpha value is -1.07. The number of esters is 1. The van der Waals surface area contributed by atoms with E-state index >= 15 is 0 Å². The molecule has 1 aromatic carbocycles. The molecule has 0 heterocycles. The molecule has 0 aromatic heterocycles. The summed E-state index contributed by atoms with van der Waals surface area (Å²) in [5.41, 5.74) is 0.479. The van der Waals surface area contributed by atoms with Gasteiger partial charge in [0, 0.05) is 16.0 Å². The van der Waals surface area contributed by atoms with Crippen LogP contribution < -0.4 is 0 Å². The molecule has 0 spiro atoms. The van der Waals surface area contributed by atoms with Crippen molar-refractivity contribution >= 4 is 39.4 Å². The Bertz CT molecular complexity index is 493. The lowest BCUT2D eigenvalue weighted by Gasteiger charge is -2.21. The molecule has 0 atom stereocenters. The minimum Gasteiger partial charge on any atom is -0.465 e. The molecule has 110 valence electrons. The number of amides is 1. The minimum absolute atomic E-state index is 0.0461. The van der Waals surface area contributed by atoms with Crippen LogP contribution in [0.3, 0.4) is 0 Å². The van der Waals surface area contributed by atoms with E-state index in [-0.39, 0.29) is 12.5 Å². The molecule has 0 saturated carbocycles. The highest BCUT2D eigenvalue weighted by molar-refractivity contribution is 9.10. The lowest BCUT2D eigenvalue weighted by Crippen LogP contribution is -2.37. The maximum atomic E-state index is 12.5. The molecule has 0 unspecified atom stereocenters. The summed E-state index contributed by atoms with van der Waals surface area (Å²) in [6.07, 6.45) is 0.760. The first-order valence-electron chi connectivity index (χ1n) is 6.39. The van der Waals surface area contributed by atoms with Crippen molar-refractivity contribution in [3.05, 3.63) is 33.3 Å². The van der Waals surface area contributed by atoms with E-state index < -0.39 is 5.97 Å². The monoisotopic (exact) mass is 361 g/mol. The van der Waals surface area contributed by atoms with Crippen LogP contribution >= 0.6 is 27.5 Å². The van der Waals surface area contributed by atoms with Gasteiger partial charge in [0.25, 0.3) is 5.91 Å². The second kappa shape index (κ2) is 8.27. The zero-order valence-electron chi connectivity index (χ0n) is 11.5. The third-order valence-corrected chi connectivity index (χ3v) is 3.46. The quantitative estimate of drug-likeness (QED) is 0.727. The predicted octanol–water partition coefficient (Wildman–Crippen LogP) is 3.52. The SMILES string of the molecule is CCCN(CC(=O)OCC)C(=O)c1ccc(Cl)cc1Br. The summed E-state index contributed by atoms with van der Waals surface area (Å²) in [4.78, 5) is 25.5. The summed E-state index contributed by atoms with van der Waals surface area (Å²) < 4.78 is 5.50. The first-order valence-corrected chi connectivity index (χ1v) is 7.56. The molecule has 1 rings (SSSR count). The minimum atomic E-state index is -0.403.